The van der Waals surface area contributed by atoms with E-state index in [9.17, 15) is 18.3 Å². The van der Waals surface area contributed by atoms with Crippen LogP contribution in [0.15, 0.2) is 23.9 Å². The molecule has 11 heteroatoms. The summed E-state index contributed by atoms with van der Waals surface area (Å²) in [5, 5.41) is 21.0. The number of nitrogens with two attached hydrogens (primary N) is 1. The first kappa shape index (κ1) is 21.6. The summed E-state index contributed by atoms with van der Waals surface area (Å²) in [5.41, 5.74) is 5.71. The highest BCUT2D eigenvalue weighted by Gasteiger charge is 2.39. The zero-order valence-corrected chi connectivity index (χ0v) is 16.6. The fraction of sp³-hybridized carbons (Fsp3) is 0.421. The Labute approximate surface area is 170 Å². The van der Waals surface area contributed by atoms with Gasteiger partial charge in [0.15, 0.2) is 0 Å². The minimum absolute atomic E-state index is 0.0266. The first-order valence-corrected chi connectivity index (χ1v) is 9.07. The second kappa shape index (κ2) is 7.98. The van der Waals surface area contributed by atoms with Crippen LogP contribution in [0.4, 0.5) is 19.1 Å². The van der Waals surface area contributed by atoms with Crippen molar-refractivity contribution < 1.29 is 27.8 Å². The molecule has 0 spiro atoms. The van der Waals surface area contributed by atoms with Crippen LogP contribution in [0.1, 0.15) is 32.4 Å². The van der Waals surface area contributed by atoms with Gasteiger partial charge in [0.05, 0.1) is 18.4 Å². The Morgan fingerprint density at radius 1 is 1.33 bits per heavy atom. The van der Waals surface area contributed by atoms with Gasteiger partial charge in [-0.15, -0.1) is 23.4 Å². The topological polar surface area (TPSA) is 115 Å². The molecule has 0 aliphatic heterocycles. The molecule has 0 amide bonds. The first-order chi connectivity index (χ1) is 14.0. The summed E-state index contributed by atoms with van der Waals surface area (Å²) in [6, 6.07) is 3.93. The van der Waals surface area contributed by atoms with Gasteiger partial charge in [-0.25, -0.2) is 4.98 Å². The maximum Gasteiger partial charge on any atom is 0.573 e. The van der Waals surface area contributed by atoms with E-state index in [1.54, 1.807) is 13.8 Å². The molecule has 1 aliphatic carbocycles. The van der Waals surface area contributed by atoms with Crippen LogP contribution in [0, 0.1) is 0 Å². The Morgan fingerprint density at radius 3 is 2.60 bits per heavy atom. The van der Waals surface area contributed by atoms with Crippen molar-refractivity contribution in [2.24, 2.45) is 5.73 Å². The average Bonchev–Trinajstić information content (AvgIpc) is 2.59. The number of allylic oxidation sites excluding steroid dienone is 1. The van der Waals surface area contributed by atoms with Crippen molar-refractivity contribution in [3.8, 4) is 22.8 Å². The van der Waals surface area contributed by atoms with Gasteiger partial charge in [-0.1, -0.05) is 0 Å². The second-order valence-electron chi connectivity index (χ2n) is 7.41. The third-order valence-corrected chi connectivity index (χ3v) is 4.45. The molecule has 8 nitrogen and oxygen atoms in total. The molecule has 1 fully saturated rings. The largest absolute Gasteiger partial charge is 0.573 e. The van der Waals surface area contributed by atoms with Crippen molar-refractivity contribution in [1.82, 2.24) is 15.2 Å². The van der Waals surface area contributed by atoms with E-state index in [1.165, 1.54) is 25.3 Å². The van der Waals surface area contributed by atoms with E-state index >= 15 is 0 Å². The number of rotatable bonds is 6. The number of hydrogen-bond acceptors (Lipinski definition) is 8. The number of methoxy groups -OCH3 is 1. The number of anilines is 1. The molecule has 3 rings (SSSR count). The van der Waals surface area contributed by atoms with Crippen molar-refractivity contribution >= 4 is 12.0 Å². The van der Waals surface area contributed by atoms with E-state index in [2.05, 4.69) is 25.2 Å². The lowest BCUT2D eigenvalue weighted by molar-refractivity contribution is -0.274. The molecular formula is C19H22F3N5O3. The van der Waals surface area contributed by atoms with Crippen LogP contribution in [0.3, 0.4) is 0 Å². The van der Waals surface area contributed by atoms with E-state index in [1.807, 2.05) is 0 Å². The van der Waals surface area contributed by atoms with Gasteiger partial charge < -0.3 is 25.6 Å². The number of nitrogens with one attached hydrogen (secondary N) is 1. The lowest BCUT2D eigenvalue weighted by Crippen LogP contribution is -2.48. The maximum absolute atomic E-state index is 12.9. The number of alkyl halides is 3. The van der Waals surface area contributed by atoms with E-state index in [0.717, 1.165) is 6.07 Å². The van der Waals surface area contributed by atoms with Crippen LogP contribution in [0.2, 0.25) is 0 Å². The zero-order chi connectivity index (χ0) is 22.1. The van der Waals surface area contributed by atoms with Gasteiger partial charge in [-0.3, -0.25) is 0 Å². The number of benzene rings is 1. The quantitative estimate of drug-likeness (QED) is 0.647. The maximum atomic E-state index is 12.9. The number of aliphatic hydroxyl groups is 1. The van der Waals surface area contributed by atoms with Gasteiger partial charge in [0.2, 0.25) is 5.95 Å². The molecule has 30 heavy (non-hydrogen) atoms. The summed E-state index contributed by atoms with van der Waals surface area (Å²) in [4.78, 5) is 4.35. The second-order valence-corrected chi connectivity index (χ2v) is 7.41. The van der Waals surface area contributed by atoms with E-state index in [-0.39, 0.29) is 34.7 Å². The zero-order valence-electron chi connectivity index (χ0n) is 16.6. The molecule has 0 unspecified atom stereocenters. The van der Waals surface area contributed by atoms with Crippen LogP contribution in [-0.4, -0.2) is 45.4 Å². The Hall–Kier alpha value is -3.08. The van der Waals surface area contributed by atoms with Crippen molar-refractivity contribution in [3.05, 3.63) is 29.6 Å². The minimum Gasteiger partial charge on any atom is -0.497 e. The summed E-state index contributed by atoms with van der Waals surface area (Å²) >= 11 is 0. The molecule has 0 saturated heterocycles. The molecule has 0 atom stereocenters. The number of halogens is 3. The van der Waals surface area contributed by atoms with Crippen LogP contribution < -0.4 is 20.5 Å². The van der Waals surface area contributed by atoms with Gasteiger partial charge in [-0.2, -0.15) is 0 Å². The molecule has 1 aromatic heterocycles. The van der Waals surface area contributed by atoms with Crippen LogP contribution in [-0.2, 0) is 0 Å². The van der Waals surface area contributed by atoms with Crippen molar-refractivity contribution in [2.75, 3.05) is 12.4 Å². The van der Waals surface area contributed by atoms with E-state index in [0.29, 0.717) is 18.5 Å². The molecule has 1 heterocycles. The Kier molecular flexibility index (Phi) is 5.75. The predicted octanol–water partition coefficient (Wildman–Crippen LogP) is 3.09. The SMILES string of the molecule is COc1ccc(-c2nnc(NC3CC(C)(O)C3)nc2C=C(C)N)c(OC(F)(F)F)c1. The molecule has 4 N–H and O–H groups in total. The average molecular weight is 425 g/mol. The molecule has 2 aromatic rings. The Bertz CT molecular complexity index is 951. The smallest absolute Gasteiger partial charge is 0.497 e. The number of hydrogen-bond donors (Lipinski definition) is 3. The van der Waals surface area contributed by atoms with Crippen LogP contribution >= 0.6 is 0 Å². The molecule has 1 aliphatic rings. The first-order valence-electron chi connectivity index (χ1n) is 9.07. The molecule has 162 valence electrons. The van der Waals surface area contributed by atoms with Gasteiger partial charge >= 0.3 is 6.36 Å². The standard InChI is InChI=1S/C19H22F3N5O3/c1-10(23)6-14-16(26-27-17(25-14)24-11-8-18(2,28)9-11)13-5-4-12(29-3)7-15(13)30-19(20,21)22/h4-7,11,28H,8-9,23H2,1-3H3,(H,24,25,27). The fourth-order valence-corrected chi connectivity index (χ4v) is 3.23. The highest BCUT2D eigenvalue weighted by Crippen LogP contribution is 2.38. The molecule has 0 bridgehead atoms. The lowest BCUT2D eigenvalue weighted by atomic mass is 9.77. The lowest BCUT2D eigenvalue weighted by Gasteiger charge is -2.41. The third kappa shape index (κ3) is 5.29. The summed E-state index contributed by atoms with van der Waals surface area (Å²) < 4.78 is 47.9. The minimum atomic E-state index is -4.91. The molecular weight excluding hydrogens is 403 g/mol. The number of nitrogens with zero attached hydrogens (tertiary/aromatic N) is 3. The molecule has 0 radical (unpaired) electrons. The highest BCUT2D eigenvalue weighted by molar-refractivity contribution is 5.75. The predicted molar refractivity (Wildman–Crippen MR) is 104 cm³/mol. The Morgan fingerprint density at radius 2 is 2.03 bits per heavy atom. The molecule has 1 saturated carbocycles. The summed E-state index contributed by atoms with van der Waals surface area (Å²) in [7, 11) is 1.33. The van der Waals surface area contributed by atoms with E-state index < -0.39 is 17.7 Å². The van der Waals surface area contributed by atoms with Crippen LogP contribution in [0.5, 0.6) is 11.5 Å². The highest BCUT2D eigenvalue weighted by atomic mass is 19.4. The van der Waals surface area contributed by atoms with Crippen LogP contribution in [0.25, 0.3) is 17.3 Å². The fourth-order valence-electron chi connectivity index (χ4n) is 3.23. The van der Waals surface area contributed by atoms with Gasteiger partial charge in [-0.05, 0) is 44.9 Å². The molecule has 1 aromatic carbocycles. The summed E-state index contributed by atoms with van der Waals surface area (Å²) in [5.74, 6) is -0.141. The van der Waals surface area contributed by atoms with Gasteiger partial charge in [0.25, 0.3) is 0 Å². The Balaban J connectivity index is 2.01. The summed E-state index contributed by atoms with van der Waals surface area (Å²) in [6.07, 6.45) is -2.40. The van der Waals surface area contributed by atoms with Crippen molar-refractivity contribution in [3.63, 3.8) is 0 Å². The van der Waals surface area contributed by atoms with Gasteiger partial charge in [0.1, 0.15) is 17.2 Å². The normalized spacial score (nSPS) is 21.7. The monoisotopic (exact) mass is 425 g/mol. The van der Waals surface area contributed by atoms with Crippen molar-refractivity contribution in [2.45, 2.75) is 44.7 Å². The van der Waals surface area contributed by atoms with E-state index in [4.69, 9.17) is 10.5 Å². The third-order valence-electron chi connectivity index (χ3n) is 4.45. The van der Waals surface area contributed by atoms with Crippen molar-refractivity contribution in [1.29, 1.82) is 0 Å². The number of ether oxygens (including phenoxy) is 2. The number of aromatic nitrogens is 3. The summed E-state index contributed by atoms with van der Waals surface area (Å²) in [6.45, 7) is 3.34. The van der Waals surface area contributed by atoms with Gasteiger partial charge in [0, 0.05) is 23.4 Å².